The number of carbonyl (C=O) groups excluding carboxylic acids is 1. The lowest BCUT2D eigenvalue weighted by Crippen LogP contribution is -2.35. The van der Waals surface area contributed by atoms with Crippen molar-refractivity contribution >= 4 is 5.91 Å². The lowest BCUT2D eigenvalue weighted by molar-refractivity contribution is 0.0932. The molecule has 0 aliphatic heterocycles. The highest BCUT2D eigenvalue weighted by Crippen LogP contribution is 2.05. The highest BCUT2D eigenvalue weighted by atomic mass is 16.2. The second-order valence-corrected chi connectivity index (χ2v) is 2.88. The van der Waals surface area contributed by atoms with Crippen molar-refractivity contribution in [1.29, 1.82) is 0 Å². The molecule has 13 heavy (non-hydrogen) atoms. The Morgan fingerprint density at radius 1 is 1.46 bits per heavy atom. The molecule has 0 unspecified atom stereocenters. The Kier molecular flexibility index (Phi) is 2.97. The molecule has 0 saturated carbocycles. The average molecular weight is 179 g/mol. The topological polar surface area (TPSA) is 54.0 Å². The number of rotatable bonds is 2. The van der Waals surface area contributed by atoms with Gasteiger partial charge in [-0.3, -0.25) is 15.2 Å². The van der Waals surface area contributed by atoms with Gasteiger partial charge in [-0.15, -0.1) is 0 Å². The summed E-state index contributed by atoms with van der Waals surface area (Å²) in [7, 11) is 1.64. The van der Waals surface area contributed by atoms with Crippen LogP contribution in [0.1, 0.15) is 21.6 Å². The normalized spacial score (nSPS) is 9.77. The summed E-state index contributed by atoms with van der Waals surface area (Å²) in [6, 6.07) is 1.93. The average Bonchev–Trinajstić information content (AvgIpc) is 2.04. The van der Waals surface area contributed by atoms with Gasteiger partial charge in [-0.25, -0.2) is 5.43 Å². The van der Waals surface area contributed by atoms with E-state index in [4.69, 9.17) is 0 Å². The number of carbonyl (C=O) groups is 1. The van der Waals surface area contributed by atoms with Crippen LogP contribution in [-0.2, 0) is 0 Å². The first kappa shape index (κ1) is 9.67. The van der Waals surface area contributed by atoms with Crippen molar-refractivity contribution in [1.82, 2.24) is 15.8 Å². The van der Waals surface area contributed by atoms with Crippen LogP contribution in [0.25, 0.3) is 0 Å². The predicted molar refractivity (Wildman–Crippen MR) is 50.2 cm³/mol. The lowest BCUT2D eigenvalue weighted by atomic mass is 10.1. The molecule has 0 bridgehead atoms. The largest absolute Gasteiger partial charge is 0.286 e. The molecule has 1 aromatic rings. The molecule has 0 spiro atoms. The van der Waals surface area contributed by atoms with Crippen molar-refractivity contribution < 1.29 is 4.79 Å². The molecule has 70 valence electrons. The maximum Gasteiger partial charge on any atom is 0.284 e. The van der Waals surface area contributed by atoms with Crippen LogP contribution in [0, 0.1) is 13.8 Å². The van der Waals surface area contributed by atoms with E-state index in [0.717, 1.165) is 11.1 Å². The van der Waals surface area contributed by atoms with Gasteiger partial charge in [0.25, 0.3) is 5.91 Å². The van der Waals surface area contributed by atoms with Gasteiger partial charge in [0.15, 0.2) is 0 Å². The molecule has 1 aromatic heterocycles. The maximum atomic E-state index is 11.3. The first-order chi connectivity index (χ1) is 6.15. The van der Waals surface area contributed by atoms with E-state index in [0.29, 0.717) is 5.69 Å². The van der Waals surface area contributed by atoms with Gasteiger partial charge in [-0.2, -0.15) is 0 Å². The molecule has 0 atom stereocenters. The minimum atomic E-state index is -0.208. The Labute approximate surface area is 77.3 Å². The van der Waals surface area contributed by atoms with Gasteiger partial charge >= 0.3 is 0 Å². The van der Waals surface area contributed by atoms with Gasteiger partial charge in [-0.05, 0) is 25.0 Å². The number of hydrogen-bond donors (Lipinski definition) is 2. The smallest absolute Gasteiger partial charge is 0.284 e. The first-order valence-corrected chi connectivity index (χ1v) is 4.05. The number of nitrogens with zero attached hydrogens (tertiary/aromatic N) is 1. The first-order valence-electron chi connectivity index (χ1n) is 4.05. The summed E-state index contributed by atoms with van der Waals surface area (Å²) in [4.78, 5) is 15.4. The standard InChI is InChI=1S/C9H13N3O/c1-6-4-7(2)8(11-5-6)9(13)12-10-3/h4-5,10H,1-3H3,(H,12,13). The minimum Gasteiger partial charge on any atom is -0.286 e. The third kappa shape index (κ3) is 2.26. The maximum absolute atomic E-state index is 11.3. The zero-order valence-electron chi connectivity index (χ0n) is 8.01. The molecular weight excluding hydrogens is 166 g/mol. The van der Waals surface area contributed by atoms with Crippen LogP contribution in [0.15, 0.2) is 12.3 Å². The van der Waals surface area contributed by atoms with Crippen LogP contribution >= 0.6 is 0 Å². The fourth-order valence-corrected chi connectivity index (χ4v) is 1.13. The molecule has 1 heterocycles. The summed E-state index contributed by atoms with van der Waals surface area (Å²) in [5.41, 5.74) is 7.43. The quantitative estimate of drug-likeness (QED) is 0.652. The van der Waals surface area contributed by atoms with Crippen LogP contribution in [0.4, 0.5) is 0 Å². The number of hydrazine groups is 1. The minimum absolute atomic E-state index is 0.208. The molecule has 0 saturated heterocycles. The van der Waals surface area contributed by atoms with Gasteiger partial charge in [-0.1, -0.05) is 6.07 Å². The van der Waals surface area contributed by atoms with E-state index in [1.54, 1.807) is 13.2 Å². The van der Waals surface area contributed by atoms with Crippen molar-refractivity contribution in [2.24, 2.45) is 0 Å². The Hall–Kier alpha value is -1.42. The lowest BCUT2D eigenvalue weighted by Gasteiger charge is -2.05. The third-order valence-electron chi connectivity index (χ3n) is 1.67. The summed E-state index contributed by atoms with van der Waals surface area (Å²) >= 11 is 0. The zero-order valence-corrected chi connectivity index (χ0v) is 8.01. The second-order valence-electron chi connectivity index (χ2n) is 2.88. The van der Waals surface area contributed by atoms with E-state index in [-0.39, 0.29) is 5.91 Å². The Morgan fingerprint density at radius 2 is 2.15 bits per heavy atom. The van der Waals surface area contributed by atoms with Crippen LogP contribution < -0.4 is 10.9 Å². The van der Waals surface area contributed by atoms with Crippen LogP contribution in [0.3, 0.4) is 0 Å². The van der Waals surface area contributed by atoms with Gasteiger partial charge in [0, 0.05) is 13.2 Å². The number of hydrogen-bond acceptors (Lipinski definition) is 3. The van der Waals surface area contributed by atoms with E-state index in [1.807, 2.05) is 19.9 Å². The number of aryl methyl sites for hydroxylation is 2. The SMILES string of the molecule is CNNC(=O)c1ncc(C)cc1C. The van der Waals surface area contributed by atoms with Gasteiger partial charge in [0.1, 0.15) is 5.69 Å². The number of amides is 1. The van der Waals surface area contributed by atoms with Crippen LogP contribution in [0.2, 0.25) is 0 Å². The van der Waals surface area contributed by atoms with E-state index in [2.05, 4.69) is 15.8 Å². The third-order valence-corrected chi connectivity index (χ3v) is 1.67. The molecule has 0 fully saturated rings. The highest BCUT2D eigenvalue weighted by Gasteiger charge is 2.08. The van der Waals surface area contributed by atoms with E-state index in [9.17, 15) is 4.79 Å². The summed E-state index contributed by atoms with van der Waals surface area (Å²) in [5.74, 6) is -0.208. The number of pyridine rings is 1. The molecule has 4 heteroatoms. The molecule has 4 nitrogen and oxygen atoms in total. The molecule has 0 aliphatic rings. The molecule has 0 aromatic carbocycles. The van der Waals surface area contributed by atoms with Crippen molar-refractivity contribution in [2.75, 3.05) is 7.05 Å². The van der Waals surface area contributed by atoms with Crippen molar-refractivity contribution in [3.8, 4) is 0 Å². The Bertz CT molecular complexity index is 323. The van der Waals surface area contributed by atoms with Crippen LogP contribution in [-0.4, -0.2) is 17.9 Å². The number of nitrogens with one attached hydrogen (secondary N) is 2. The fraction of sp³-hybridized carbons (Fsp3) is 0.333. The van der Waals surface area contributed by atoms with E-state index < -0.39 is 0 Å². The fourth-order valence-electron chi connectivity index (χ4n) is 1.13. The zero-order chi connectivity index (χ0) is 9.84. The number of aromatic nitrogens is 1. The molecular formula is C9H13N3O. The Balaban J connectivity index is 2.95. The van der Waals surface area contributed by atoms with Gasteiger partial charge < -0.3 is 0 Å². The highest BCUT2D eigenvalue weighted by molar-refractivity contribution is 5.93. The van der Waals surface area contributed by atoms with Crippen molar-refractivity contribution in [2.45, 2.75) is 13.8 Å². The van der Waals surface area contributed by atoms with E-state index in [1.165, 1.54) is 0 Å². The molecule has 1 amide bonds. The van der Waals surface area contributed by atoms with Gasteiger partial charge in [0.05, 0.1) is 0 Å². The monoisotopic (exact) mass is 179 g/mol. The summed E-state index contributed by atoms with van der Waals surface area (Å²) in [5, 5.41) is 0. The van der Waals surface area contributed by atoms with Gasteiger partial charge in [0.2, 0.25) is 0 Å². The van der Waals surface area contributed by atoms with Crippen molar-refractivity contribution in [3.63, 3.8) is 0 Å². The van der Waals surface area contributed by atoms with Crippen molar-refractivity contribution in [3.05, 3.63) is 29.1 Å². The summed E-state index contributed by atoms with van der Waals surface area (Å²) in [6.45, 7) is 3.81. The summed E-state index contributed by atoms with van der Waals surface area (Å²) in [6.07, 6.45) is 1.68. The molecule has 1 rings (SSSR count). The predicted octanol–water partition coefficient (Wildman–Crippen LogP) is 0.563. The second kappa shape index (κ2) is 4.00. The van der Waals surface area contributed by atoms with Crippen LogP contribution in [0.5, 0.6) is 0 Å². The molecule has 0 radical (unpaired) electrons. The Morgan fingerprint density at radius 3 is 2.69 bits per heavy atom. The molecule has 0 aliphatic carbocycles. The summed E-state index contributed by atoms with van der Waals surface area (Å²) < 4.78 is 0. The molecule has 2 N–H and O–H groups in total. The van der Waals surface area contributed by atoms with E-state index >= 15 is 0 Å².